The molecule has 5 rings (SSSR count). The monoisotopic (exact) mass is 650 g/mol. The molecule has 0 radical (unpaired) electrons. The summed E-state index contributed by atoms with van der Waals surface area (Å²) in [5.74, 6) is 3.54. The van der Waals surface area contributed by atoms with Gasteiger partial charge in [-0.25, -0.2) is 0 Å². The Labute approximate surface area is 278 Å². The zero-order valence-corrected chi connectivity index (χ0v) is 31.1. The van der Waals surface area contributed by atoms with Crippen LogP contribution in [0.25, 0.3) is 6.08 Å². The summed E-state index contributed by atoms with van der Waals surface area (Å²) in [6, 6.07) is 34.6. The third-order valence-corrected chi connectivity index (χ3v) is 18.6. The van der Waals surface area contributed by atoms with Gasteiger partial charge in [0.1, 0.15) is 33.4 Å². The normalized spacial score (nSPS) is 19.9. The van der Waals surface area contributed by atoms with E-state index in [9.17, 15) is 0 Å². The van der Waals surface area contributed by atoms with E-state index in [0.29, 0.717) is 0 Å². The highest BCUT2D eigenvalue weighted by Crippen LogP contribution is 2.46. The van der Waals surface area contributed by atoms with E-state index in [0.717, 1.165) is 41.0 Å². The zero-order chi connectivity index (χ0) is 33.4. The van der Waals surface area contributed by atoms with Gasteiger partial charge in [0.25, 0.3) is 16.6 Å². The highest BCUT2D eigenvalue weighted by atomic mass is 28.4. The second-order valence-corrected chi connectivity index (χ2v) is 23.3. The van der Waals surface area contributed by atoms with Crippen molar-refractivity contribution < 1.29 is 18.3 Å². The maximum absolute atomic E-state index is 6.75. The van der Waals surface area contributed by atoms with Crippen molar-refractivity contribution in [3.05, 3.63) is 126 Å². The Morgan fingerprint density at radius 3 is 1.74 bits per heavy atom. The van der Waals surface area contributed by atoms with Crippen LogP contribution in [-0.4, -0.2) is 27.1 Å². The fraction of sp³-hybridized carbons (Fsp3) is 0.350. The van der Waals surface area contributed by atoms with Crippen molar-refractivity contribution in [1.82, 2.24) is 0 Å². The molecule has 1 heterocycles. The largest absolute Gasteiger partial charge is 0.540 e. The number of rotatable bonds is 12. The summed E-state index contributed by atoms with van der Waals surface area (Å²) in [5.41, 5.74) is 4.57. The summed E-state index contributed by atoms with van der Waals surface area (Å²) in [7, 11) is -4.43. The summed E-state index contributed by atoms with van der Waals surface area (Å²) >= 11 is 0. The number of aryl methyl sites for hydroxylation is 1. The van der Waals surface area contributed by atoms with E-state index in [1.807, 2.05) is 30.3 Å². The molecular weight excluding hydrogens is 601 g/mol. The van der Waals surface area contributed by atoms with E-state index in [1.54, 1.807) is 0 Å². The van der Waals surface area contributed by atoms with E-state index in [1.165, 1.54) is 16.7 Å². The molecule has 4 aromatic rings. The smallest absolute Gasteiger partial charge is 0.290 e. The maximum atomic E-state index is 6.75. The minimum Gasteiger partial charge on any atom is -0.540 e. The molecule has 0 bridgehead atoms. The Balaban J connectivity index is 1.23. The Kier molecular flexibility index (Phi) is 9.10. The SMILES string of the molecule is C=Cc1ccc(O[Si](C)(C)C(C)(C)Oc2ccc(C(C)(C)c3ccc(O[Si]4(C)CCC4(C)Oc4ccc(C)cc4)cc3)cc2)cc1. The highest BCUT2D eigenvalue weighted by molar-refractivity contribution is 6.79. The topological polar surface area (TPSA) is 36.9 Å². The van der Waals surface area contributed by atoms with Gasteiger partial charge < -0.3 is 18.3 Å². The molecule has 46 heavy (non-hydrogen) atoms. The summed E-state index contributed by atoms with van der Waals surface area (Å²) in [6.45, 7) is 23.6. The predicted octanol–water partition coefficient (Wildman–Crippen LogP) is 10.7. The fourth-order valence-corrected chi connectivity index (χ4v) is 10.1. The minimum atomic E-state index is -2.30. The first kappa shape index (κ1) is 33.6. The molecule has 4 aromatic carbocycles. The molecule has 0 aromatic heterocycles. The van der Waals surface area contributed by atoms with Crippen molar-refractivity contribution in [2.45, 2.75) is 89.5 Å². The molecule has 0 aliphatic carbocycles. The number of hydrogen-bond donors (Lipinski definition) is 0. The van der Waals surface area contributed by atoms with Crippen LogP contribution in [0.5, 0.6) is 23.0 Å². The summed E-state index contributed by atoms with van der Waals surface area (Å²) < 4.78 is 26.4. The Bertz CT molecular complexity index is 1640. The molecule has 2 atom stereocenters. The van der Waals surface area contributed by atoms with Crippen LogP contribution in [0.3, 0.4) is 0 Å². The van der Waals surface area contributed by atoms with Crippen LogP contribution in [0.2, 0.25) is 25.7 Å². The molecule has 1 saturated heterocycles. The van der Waals surface area contributed by atoms with Crippen LogP contribution >= 0.6 is 0 Å². The van der Waals surface area contributed by atoms with Crippen molar-refractivity contribution in [3.63, 3.8) is 0 Å². The van der Waals surface area contributed by atoms with Gasteiger partial charge in [-0.05, 0) is 125 Å². The fourth-order valence-electron chi connectivity index (χ4n) is 5.83. The van der Waals surface area contributed by atoms with Gasteiger partial charge in [0.15, 0.2) is 0 Å². The standard InChI is InChI=1S/C40H50O4Si2/c1-11-31-14-22-36(23-15-31)43-45(8,9)39(5,6)41-34-24-16-32(17-25-34)38(3,4)33-18-26-37(27-19-33)44-46(10)29-28-40(46,7)42-35-20-12-30(2)13-21-35/h11-27H,1,28-29H2,2-10H3. The zero-order valence-electron chi connectivity index (χ0n) is 29.1. The van der Waals surface area contributed by atoms with Crippen molar-refractivity contribution in [3.8, 4) is 23.0 Å². The molecule has 1 aliphatic heterocycles. The van der Waals surface area contributed by atoms with Crippen LogP contribution in [0, 0.1) is 6.92 Å². The van der Waals surface area contributed by atoms with Crippen LogP contribution in [0.4, 0.5) is 0 Å². The molecule has 0 amide bonds. The van der Waals surface area contributed by atoms with Gasteiger partial charge in [-0.2, -0.15) is 0 Å². The lowest BCUT2D eigenvalue weighted by Gasteiger charge is -2.52. The second-order valence-electron chi connectivity index (χ2n) is 14.7. The van der Waals surface area contributed by atoms with Crippen LogP contribution in [0.1, 0.15) is 63.3 Å². The number of benzene rings is 4. The maximum Gasteiger partial charge on any atom is 0.290 e. The minimum absolute atomic E-state index is 0.192. The summed E-state index contributed by atoms with van der Waals surface area (Å²) in [4.78, 5) is 0. The molecule has 1 fully saturated rings. The van der Waals surface area contributed by atoms with Gasteiger partial charge >= 0.3 is 0 Å². The lowest BCUT2D eigenvalue weighted by atomic mass is 9.78. The van der Waals surface area contributed by atoms with Crippen molar-refractivity contribution in [2.75, 3.05) is 0 Å². The number of hydrogen-bond acceptors (Lipinski definition) is 4. The molecule has 242 valence electrons. The molecule has 0 saturated carbocycles. The first-order chi connectivity index (χ1) is 21.6. The van der Waals surface area contributed by atoms with Crippen molar-refractivity contribution >= 4 is 22.7 Å². The van der Waals surface area contributed by atoms with Crippen molar-refractivity contribution in [1.29, 1.82) is 0 Å². The van der Waals surface area contributed by atoms with E-state index in [-0.39, 0.29) is 10.6 Å². The summed E-state index contributed by atoms with van der Waals surface area (Å²) in [6.07, 6.45) is 2.85. The quantitative estimate of drug-likeness (QED) is 0.143. The van der Waals surface area contributed by atoms with Gasteiger partial charge in [0.2, 0.25) is 0 Å². The second kappa shape index (κ2) is 12.5. The lowest BCUT2D eigenvalue weighted by molar-refractivity contribution is 0.110. The van der Waals surface area contributed by atoms with Gasteiger partial charge in [-0.1, -0.05) is 80.6 Å². The Morgan fingerprint density at radius 2 is 1.24 bits per heavy atom. The van der Waals surface area contributed by atoms with E-state index in [4.69, 9.17) is 18.3 Å². The molecule has 1 aliphatic rings. The molecular formula is C40H50O4Si2. The van der Waals surface area contributed by atoms with E-state index >= 15 is 0 Å². The van der Waals surface area contributed by atoms with Gasteiger partial charge in [0, 0.05) is 5.41 Å². The van der Waals surface area contributed by atoms with Crippen LogP contribution in [-0.2, 0) is 5.41 Å². The molecule has 4 nitrogen and oxygen atoms in total. The van der Waals surface area contributed by atoms with E-state index in [2.05, 4.69) is 141 Å². The average Bonchev–Trinajstić information content (AvgIpc) is 3.02. The first-order valence-electron chi connectivity index (χ1n) is 16.3. The third kappa shape index (κ3) is 6.84. The molecule has 0 spiro atoms. The van der Waals surface area contributed by atoms with Crippen molar-refractivity contribution in [2.24, 2.45) is 0 Å². The van der Waals surface area contributed by atoms with Crippen LogP contribution < -0.4 is 18.3 Å². The van der Waals surface area contributed by atoms with Gasteiger partial charge in [-0.3, -0.25) is 0 Å². The Hall–Kier alpha value is -3.75. The average molecular weight is 651 g/mol. The first-order valence-corrected chi connectivity index (χ1v) is 21.8. The van der Waals surface area contributed by atoms with Gasteiger partial charge in [0.05, 0.1) is 0 Å². The third-order valence-electron chi connectivity index (χ3n) is 10.4. The molecule has 6 heteroatoms. The highest BCUT2D eigenvalue weighted by Gasteiger charge is 2.61. The lowest BCUT2D eigenvalue weighted by Crippen LogP contribution is -2.70. The molecule has 2 unspecified atom stereocenters. The summed E-state index contributed by atoms with van der Waals surface area (Å²) in [5, 5.41) is -0.710. The Morgan fingerprint density at radius 1 is 0.739 bits per heavy atom. The number of ether oxygens (including phenoxy) is 2. The molecule has 0 N–H and O–H groups in total. The van der Waals surface area contributed by atoms with Crippen LogP contribution in [0.15, 0.2) is 104 Å². The van der Waals surface area contributed by atoms with Gasteiger partial charge in [-0.15, -0.1) is 0 Å². The van der Waals surface area contributed by atoms with E-state index < -0.39 is 21.9 Å². The predicted molar refractivity (Wildman–Crippen MR) is 196 cm³/mol.